The topological polar surface area (TPSA) is 84.3 Å². The van der Waals surface area contributed by atoms with E-state index in [-0.39, 0.29) is 11.7 Å². The van der Waals surface area contributed by atoms with Crippen molar-refractivity contribution in [2.24, 2.45) is 0 Å². The zero-order valence-electron chi connectivity index (χ0n) is 10.9. The summed E-state index contributed by atoms with van der Waals surface area (Å²) in [4.78, 5) is 11.3. The van der Waals surface area contributed by atoms with Gasteiger partial charge in [0.15, 0.2) is 5.69 Å². The Bertz CT molecular complexity index is 639. The summed E-state index contributed by atoms with van der Waals surface area (Å²) in [5.41, 5.74) is 1.16. The second-order valence-electron chi connectivity index (χ2n) is 4.80. The van der Waals surface area contributed by atoms with Gasteiger partial charge >= 0.3 is 5.97 Å². The average Bonchev–Trinajstić information content (AvgIpc) is 2.48. The number of nitrogens with one attached hydrogen (secondary N) is 1. The molecule has 104 valence electrons. The summed E-state index contributed by atoms with van der Waals surface area (Å²) in [6.45, 7) is 1.34. The molecule has 1 aliphatic rings. The number of ether oxygens (including phenoxy) is 1. The summed E-state index contributed by atoms with van der Waals surface area (Å²) in [6.07, 6.45) is 1.92. The summed E-state index contributed by atoms with van der Waals surface area (Å²) < 4.78 is 5.42. The Labute approximate surface area is 115 Å². The Morgan fingerprint density at radius 2 is 2.20 bits per heavy atom. The van der Waals surface area contributed by atoms with E-state index < -0.39 is 5.97 Å². The van der Waals surface area contributed by atoms with Gasteiger partial charge in [0.05, 0.1) is 17.8 Å². The van der Waals surface area contributed by atoms with Crippen molar-refractivity contribution in [2.75, 3.05) is 18.5 Å². The van der Waals surface area contributed by atoms with Crippen LogP contribution < -0.4 is 5.32 Å². The first kappa shape index (κ1) is 12.8. The SMILES string of the molecule is O=C(O)c1nnc2ccccc2c1NC1CCCOC1. The van der Waals surface area contributed by atoms with Crippen LogP contribution >= 0.6 is 0 Å². The molecule has 6 nitrogen and oxygen atoms in total. The number of hydrogen-bond donors (Lipinski definition) is 2. The van der Waals surface area contributed by atoms with Crippen LogP contribution in [0.3, 0.4) is 0 Å². The third-order valence-electron chi connectivity index (χ3n) is 3.38. The highest BCUT2D eigenvalue weighted by molar-refractivity contribution is 6.02. The van der Waals surface area contributed by atoms with Crippen molar-refractivity contribution in [3.8, 4) is 0 Å². The lowest BCUT2D eigenvalue weighted by Crippen LogP contribution is -2.31. The van der Waals surface area contributed by atoms with E-state index in [1.807, 2.05) is 24.3 Å². The van der Waals surface area contributed by atoms with Crippen LogP contribution in [0.4, 0.5) is 5.69 Å². The maximum absolute atomic E-state index is 11.3. The molecule has 1 fully saturated rings. The third kappa shape index (κ3) is 2.42. The number of aromatic carboxylic acids is 1. The van der Waals surface area contributed by atoms with Crippen LogP contribution in [0.2, 0.25) is 0 Å². The molecule has 0 bridgehead atoms. The molecule has 3 rings (SSSR count). The molecular weight excluding hydrogens is 258 g/mol. The van der Waals surface area contributed by atoms with Gasteiger partial charge in [0, 0.05) is 18.0 Å². The molecule has 1 unspecified atom stereocenters. The summed E-state index contributed by atoms with van der Waals surface area (Å²) in [5.74, 6) is -1.08. The highest BCUT2D eigenvalue weighted by atomic mass is 16.5. The summed E-state index contributed by atoms with van der Waals surface area (Å²) in [7, 11) is 0. The molecule has 2 heterocycles. The van der Waals surface area contributed by atoms with E-state index in [4.69, 9.17) is 4.74 Å². The molecule has 0 spiro atoms. The first-order valence-corrected chi connectivity index (χ1v) is 6.58. The van der Waals surface area contributed by atoms with E-state index in [9.17, 15) is 9.90 Å². The molecule has 2 aromatic rings. The molecule has 1 aromatic heterocycles. The van der Waals surface area contributed by atoms with Gasteiger partial charge in [-0.05, 0) is 18.9 Å². The van der Waals surface area contributed by atoms with Crippen molar-refractivity contribution in [1.29, 1.82) is 0 Å². The third-order valence-corrected chi connectivity index (χ3v) is 3.38. The lowest BCUT2D eigenvalue weighted by atomic mass is 10.1. The molecule has 0 amide bonds. The van der Waals surface area contributed by atoms with Gasteiger partial charge in [-0.1, -0.05) is 18.2 Å². The minimum absolute atomic E-state index is 0.0470. The van der Waals surface area contributed by atoms with Crippen LogP contribution in [0, 0.1) is 0 Å². The number of carbonyl (C=O) groups is 1. The number of anilines is 1. The lowest BCUT2D eigenvalue weighted by Gasteiger charge is -2.25. The number of carboxylic acid groups (broad SMARTS) is 1. The van der Waals surface area contributed by atoms with Crippen molar-refractivity contribution in [1.82, 2.24) is 10.2 Å². The molecule has 1 saturated heterocycles. The molecule has 0 aliphatic carbocycles. The molecular formula is C14H15N3O3. The van der Waals surface area contributed by atoms with Gasteiger partial charge in [0.1, 0.15) is 0 Å². The van der Waals surface area contributed by atoms with Crippen molar-refractivity contribution in [3.63, 3.8) is 0 Å². The zero-order valence-corrected chi connectivity index (χ0v) is 10.9. The Hall–Kier alpha value is -2.21. The van der Waals surface area contributed by atoms with E-state index in [1.54, 1.807) is 0 Å². The van der Waals surface area contributed by atoms with Crippen molar-refractivity contribution in [2.45, 2.75) is 18.9 Å². The monoisotopic (exact) mass is 273 g/mol. The van der Waals surface area contributed by atoms with Crippen molar-refractivity contribution >= 4 is 22.6 Å². The standard InChI is InChI=1S/C14H15N3O3/c18-14(19)13-12(15-9-4-3-7-20-8-9)10-5-1-2-6-11(10)16-17-13/h1-2,5-6,9H,3-4,7-8H2,(H,15,16)(H,18,19). The number of aromatic nitrogens is 2. The predicted molar refractivity (Wildman–Crippen MR) is 74.0 cm³/mol. The molecule has 0 saturated carbocycles. The largest absolute Gasteiger partial charge is 0.476 e. The maximum atomic E-state index is 11.3. The Morgan fingerprint density at radius 3 is 2.95 bits per heavy atom. The van der Waals surface area contributed by atoms with Gasteiger partial charge in [-0.2, -0.15) is 0 Å². The van der Waals surface area contributed by atoms with E-state index in [0.29, 0.717) is 17.8 Å². The van der Waals surface area contributed by atoms with Crippen LogP contribution in [0.25, 0.3) is 10.9 Å². The minimum atomic E-state index is -1.08. The second kappa shape index (κ2) is 5.42. The first-order chi connectivity index (χ1) is 9.75. The fraction of sp³-hybridized carbons (Fsp3) is 0.357. The number of benzene rings is 1. The van der Waals surface area contributed by atoms with Gasteiger partial charge in [-0.3, -0.25) is 0 Å². The number of nitrogens with zero attached hydrogens (tertiary/aromatic N) is 2. The number of carboxylic acids is 1. The Morgan fingerprint density at radius 1 is 1.35 bits per heavy atom. The molecule has 1 aliphatic heterocycles. The van der Waals surface area contributed by atoms with Gasteiger partial charge in [0.25, 0.3) is 0 Å². The Balaban J connectivity index is 2.04. The van der Waals surface area contributed by atoms with E-state index >= 15 is 0 Å². The smallest absolute Gasteiger partial charge is 0.358 e. The zero-order chi connectivity index (χ0) is 13.9. The normalized spacial score (nSPS) is 18.9. The highest BCUT2D eigenvalue weighted by Gasteiger charge is 2.21. The van der Waals surface area contributed by atoms with Crippen molar-refractivity contribution in [3.05, 3.63) is 30.0 Å². The number of rotatable bonds is 3. The number of fused-ring (bicyclic) bond motifs is 1. The van der Waals surface area contributed by atoms with E-state index in [1.165, 1.54) is 0 Å². The average molecular weight is 273 g/mol. The van der Waals surface area contributed by atoms with E-state index in [0.717, 1.165) is 24.8 Å². The van der Waals surface area contributed by atoms with Gasteiger partial charge in [0.2, 0.25) is 0 Å². The van der Waals surface area contributed by atoms with Crippen LogP contribution in [-0.2, 0) is 4.74 Å². The molecule has 20 heavy (non-hydrogen) atoms. The summed E-state index contributed by atoms with van der Waals surface area (Å²) in [6, 6.07) is 7.48. The predicted octanol–water partition coefficient (Wildman–Crippen LogP) is 1.92. The summed E-state index contributed by atoms with van der Waals surface area (Å²) >= 11 is 0. The second-order valence-corrected chi connectivity index (χ2v) is 4.80. The molecule has 1 aromatic carbocycles. The first-order valence-electron chi connectivity index (χ1n) is 6.58. The number of hydrogen-bond acceptors (Lipinski definition) is 5. The van der Waals surface area contributed by atoms with Gasteiger partial charge in [-0.25, -0.2) is 4.79 Å². The maximum Gasteiger partial charge on any atom is 0.358 e. The van der Waals surface area contributed by atoms with Crippen molar-refractivity contribution < 1.29 is 14.6 Å². The lowest BCUT2D eigenvalue weighted by molar-refractivity contribution is 0.0689. The van der Waals surface area contributed by atoms with Crippen LogP contribution in [-0.4, -0.2) is 40.5 Å². The highest BCUT2D eigenvalue weighted by Crippen LogP contribution is 2.26. The van der Waals surface area contributed by atoms with Crippen LogP contribution in [0.1, 0.15) is 23.3 Å². The minimum Gasteiger partial charge on any atom is -0.476 e. The van der Waals surface area contributed by atoms with Gasteiger partial charge in [-0.15, -0.1) is 10.2 Å². The fourth-order valence-electron chi connectivity index (χ4n) is 2.41. The van der Waals surface area contributed by atoms with Crippen LogP contribution in [0.15, 0.2) is 24.3 Å². The fourth-order valence-corrected chi connectivity index (χ4v) is 2.41. The molecule has 2 N–H and O–H groups in total. The molecule has 1 atom stereocenters. The van der Waals surface area contributed by atoms with E-state index in [2.05, 4.69) is 15.5 Å². The summed E-state index contributed by atoms with van der Waals surface area (Å²) in [5, 5.41) is 21.1. The van der Waals surface area contributed by atoms with Crippen LogP contribution in [0.5, 0.6) is 0 Å². The Kier molecular flexibility index (Phi) is 3.47. The van der Waals surface area contributed by atoms with Gasteiger partial charge < -0.3 is 15.2 Å². The molecule has 0 radical (unpaired) electrons. The quantitative estimate of drug-likeness (QED) is 0.888. The molecule has 6 heteroatoms.